The molecule has 0 bridgehead atoms. The summed E-state index contributed by atoms with van der Waals surface area (Å²) >= 11 is 0. The predicted molar refractivity (Wildman–Crippen MR) is 108 cm³/mol. The summed E-state index contributed by atoms with van der Waals surface area (Å²) in [5.74, 6) is 0. The van der Waals surface area contributed by atoms with Crippen LogP contribution in [0.4, 0.5) is 17.1 Å². The molecule has 1 heterocycles. The van der Waals surface area contributed by atoms with E-state index in [2.05, 4.69) is 5.32 Å². The van der Waals surface area contributed by atoms with Gasteiger partial charge in [-0.05, 0) is 44.2 Å². The van der Waals surface area contributed by atoms with Crippen molar-refractivity contribution in [3.05, 3.63) is 54.1 Å². The number of aryl methyl sites for hydroxylation is 1. The van der Waals surface area contributed by atoms with Crippen LogP contribution in [-0.4, -0.2) is 39.8 Å². The third-order valence-corrected chi connectivity index (χ3v) is 6.11. The number of aliphatic hydroxyl groups is 1. The van der Waals surface area contributed by atoms with E-state index in [1.54, 1.807) is 13.1 Å². The number of hydrogen-bond donors (Lipinski definition) is 2. The van der Waals surface area contributed by atoms with Gasteiger partial charge in [-0.1, -0.05) is 30.3 Å². The first kappa shape index (κ1) is 20.5. The van der Waals surface area contributed by atoms with Crippen molar-refractivity contribution < 1.29 is 13.5 Å². The monoisotopic (exact) mass is 397 g/mol. The first-order valence-electron chi connectivity index (χ1n) is 8.27. The quantitative estimate of drug-likeness (QED) is 0.785. The average molecular weight is 398 g/mol. The van der Waals surface area contributed by atoms with Crippen LogP contribution in [0.1, 0.15) is 12.0 Å². The molecule has 0 amide bonds. The Morgan fingerprint density at radius 3 is 2.23 bits per heavy atom. The van der Waals surface area contributed by atoms with Crippen molar-refractivity contribution in [2.75, 3.05) is 28.7 Å². The SMILES string of the molecule is CNC[C@@H](O)CCN1c2ccccc2N(c2ccccc2C)S1(=O)=O.Cl. The number of fused-ring (bicyclic) bond motifs is 1. The maximum Gasteiger partial charge on any atom is 0.330 e. The number of benzene rings is 2. The molecule has 2 aromatic carbocycles. The second kappa shape index (κ2) is 8.26. The van der Waals surface area contributed by atoms with E-state index in [0.29, 0.717) is 30.0 Å². The minimum absolute atomic E-state index is 0. The highest BCUT2D eigenvalue weighted by Crippen LogP contribution is 2.45. The van der Waals surface area contributed by atoms with Gasteiger partial charge in [0.2, 0.25) is 0 Å². The largest absolute Gasteiger partial charge is 0.392 e. The Bertz CT molecular complexity index is 860. The zero-order valence-electron chi connectivity index (χ0n) is 14.8. The predicted octanol–water partition coefficient (Wildman–Crippen LogP) is 2.59. The molecular formula is C18H24ClN3O3S. The van der Waals surface area contributed by atoms with E-state index < -0.39 is 16.3 Å². The molecule has 0 aromatic heterocycles. The van der Waals surface area contributed by atoms with E-state index in [1.807, 2.05) is 49.4 Å². The van der Waals surface area contributed by atoms with Crippen LogP contribution >= 0.6 is 12.4 Å². The van der Waals surface area contributed by atoms with Gasteiger partial charge in [-0.2, -0.15) is 8.42 Å². The van der Waals surface area contributed by atoms with Crippen LogP contribution in [-0.2, 0) is 10.2 Å². The molecule has 26 heavy (non-hydrogen) atoms. The summed E-state index contributed by atoms with van der Waals surface area (Å²) in [6.45, 7) is 2.55. The Morgan fingerprint density at radius 2 is 1.62 bits per heavy atom. The molecule has 0 aliphatic carbocycles. The van der Waals surface area contributed by atoms with Crippen molar-refractivity contribution in [1.82, 2.24) is 5.32 Å². The smallest absolute Gasteiger partial charge is 0.330 e. The van der Waals surface area contributed by atoms with Gasteiger partial charge in [0.15, 0.2) is 0 Å². The zero-order chi connectivity index (χ0) is 18.0. The van der Waals surface area contributed by atoms with Crippen molar-refractivity contribution in [2.45, 2.75) is 19.4 Å². The van der Waals surface area contributed by atoms with Crippen molar-refractivity contribution in [1.29, 1.82) is 0 Å². The number of halogens is 1. The molecule has 0 spiro atoms. The Kier molecular flexibility index (Phi) is 6.52. The van der Waals surface area contributed by atoms with Crippen LogP contribution in [0.25, 0.3) is 0 Å². The van der Waals surface area contributed by atoms with E-state index >= 15 is 0 Å². The molecule has 0 saturated heterocycles. The highest BCUT2D eigenvalue weighted by molar-refractivity contribution is 7.95. The first-order valence-corrected chi connectivity index (χ1v) is 9.67. The zero-order valence-corrected chi connectivity index (χ0v) is 16.4. The Morgan fingerprint density at radius 1 is 1.04 bits per heavy atom. The lowest BCUT2D eigenvalue weighted by Gasteiger charge is -2.23. The summed E-state index contributed by atoms with van der Waals surface area (Å²) in [7, 11) is -1.98. The fraction of sp³-hybridized carbons (Fsp3) is 0.333. The minimum Gasteiger partial charge on any atom is -0.392 e. The highest BCUT2D eigenvalue weighted by Gasteiger charge is 2.41. The number of nitrogens with one attached hydrogen (secondary N) is 1. The van der Waals surface area contributed by atoms with Gasteiger partial charge in [0.25, 0.3) is 0 Å². The second-order valence-corrected chi connectivity index (χ2v) is 7.82. The highest BCUT2D eigenvalue weighted by atomic mass is 35.5. The molecule has 6 nitrogen and oxygen atoms in total. The molecule has 1 aliphatic rings. The van der Waals surface area contributed by atoms with Gasteiger partial charge in [-0.3, -0.25) is 4.31 Å². The number of aliphatic hydroxyl groups excluding tert-OH is 1. The van der Waals surface area contributed by atoms with Crippen molar-refractivity contribution in [2.24, 2.45) is 0 Å². The molecule has 0 unspecified atom stereocenters. The van der Waals surface area contributed by atoms with Gasteiger partial charge >= 0.3 is 10.2 Å². The average Bonchev–Trinajstić information content (AvgIpc) is 2.80. The lowest BCUT2D eigenvalue weighted by molar-refractivity contribution is 0.167. The summed E-state index contributed by atoms with van der Waals surface area (Å²) in [6, 6.07) is 14.7. The maximum atomic E-state index is 13.2. The van der Waals surface area contributed by atoms with Gasteiger partial charge in [0.1, 0.15) is 0 Å². The molecular weight excluding hydrogens is 374 g/mol. The van der Waals surface area contributed by atoms with E-state index in [-0.39, 0.29) is 19.0 Å². The summed E-state index contributed by atoms with van der Waals surface area (Å²) < 4.78 is 29.2. The number of anilines is 3. The van der Waals surface area contributed by atoms with Crippen LogP contribution in [0.15, 0.2) is 48.5 Å². The number of para-hydroxylation sites is 3. The summed E-state index contributed by atoms with van der Waals surface area (Å²) in [5, 5.41) is 12.9. The molecule has 1 aliphatic heterocycles. The lowest BCUT2D eigenvalue weighted by Crippen LogP contribution is -2.38. The summed E-state index contributed by atoms with van der Waals surface area (Å²) in [4.78, 5) is 0. The number of likely N-dealkylation sites (N-methyl/N-ethyl adjacent to an activating group) is 1. The minimum atomic E-state index is -3.74. The Balaban J connectivity index is 0.00000243. The molecule has 1 atom stereocenters. The summed E-state index contributed by atoms with van der Waals surface area (Å²) in [5.41, 5.74) is 2.81. The molecule has 0 saturated carbocycles. The Labute approximate surface area is 161 Å². The molecule has 2 aromatic rings. The van der Waals surface area contributed by atoms with E-state index in [0.717, 1.165) is 5.56 Å². The topological polar surface area (TPSA) is 72.9 Å². The third kappa shape index (κ3) is 3.66. The van der Waals surface area contributed by atoms with Crippen molar-refractivity contribution in [3.8, 4) is 0 Å². The van der Waals surface area contributed by atoms with Gasteiger partial charge in [-0.25, -0.2) is 4.31 Å². The van der Waals surface area contributed by atoms with E-state index in [4.69, 9.17) is 0 Å². The third-order valence-electron chi connectivity index (χ3n) is 4.32. The number of hydrogen-bond acceptors (Lipinski definition) is 4. The first-order chi connectivity index (χ1) is 12.0. The number of nitrogens with zero attached hydrogens (tertiary/aromatic N) is 2. The summed E-state index contributed by atoms with van der Waals surface area (Å²) in [6.07, 6.45) is -0.240. The van der Waals surface area contributed by atoms with Gasteiger partial charge in [0.05, 0.1) is 23.2 Å². The van der Waals surface area contributed by atoms with Crippen LogP contribution in [0, 0.1) is 6.92 Å². The normalized spacial score (nSPS) is 16.1. The standard InChI is InChI=1S/C18H23N3O3S.ClH/c1-14-7-3-4-8-16(14)21-18-10-6-5-9-17(18)20(25(21,23)24)12-11-15(22)13-19-2;/h3-10,15,19,22H,11-13H2,1-2H3;1H/t15-;/m0./s1. The Hall–Kier alpha value is -1.80. The molecule has 0 radical (unpaired) electrons. The molecule has 3 rings (SSSR count). The van der Waals surface area contributed by atoms with Crippen LogP contribution in [0.5, 0.6) is 0 Å². The lowest BCUT2D eigenvalue weighted by atomic mass is 10.2. The van der Waals surface area contributed by atoms with Crippen molar-refractivity contribution >= 4 is 39.7 Å². The molecule has 0 fully saturated rings. The molecule has 142 valence electrons. The van der Waals surface area contributed by atoms with Gasteiger partial charge < -0.3 is 10.4 Å². The van der Waals surface area contributed by atoms with Crippen LogP contribution in [0.3, 0.4) is 0 Å². The van der Waals surface area contributed by atoms with Gasteiger partial charge in [-0.15, -0.1) is 12.4 Å². The van der Waals surface area contributed by atoms with Crippen LogP contribution < -0.4 is 13.9 Å². The molecule has 8 heteroatoms. The maximum absolute atomic E-state index is 13.2. The van der Waals surface area contributed by atoms with Crippen LogP contribution in [0.2, 0.25) is 0 Å². The van der Waals surface area contributed by atoms with Gasteiger partial charge in [0, 0.05) is 13.1 Å². The molecule has 2 N–H and O–H groups in total. The second-order valence-electron chi connectivity index (χ2n) is 6.12. The fourth-order valence-corrected chi connectivity index (χ4v) is 4.87. The fourth-order valence-electron chi connectivity index (χ4n) is 3.08. The van der Waals surface area contributed by atoms with Crippen molar-refractivity contribution in [3.63, 3.8) is 0 Å². The van der Waals surface area contributed by atoms with E-state index in [9.17, 15) is 13.5 Å². The number of rotatable bonds is 6. The van der Waals surface area contributed by atoms with E-state index in [1.165, 1.54) is 8.61 Å².